The van der Waals surface area contributed by atoms with E-state index in [0.717, 1.165) is 11.1 Å². The summed E-state index contributed by atoms with van der Waals surface area (Å²) in [4.78, 5) is 26.7. The first kappa shape index (κ1) is 14.3. The van der Waals surface area contributed by atoms with Gasteiger partial charge in [0.25, 0.3) is 5.91 Å². The van der Waals surface area contributed by atoms with E-state index >= 15 is 0 Å². The third kappa shape index (κ3) is 1.68. The summed E-state index contributed by atoms with van der Waals surface area (Å²) in [6.45, 7) is 2.50. The van der Waals surface area contributed by atoms with Crippen molar-refractivity contribution in [2.75, 3.05) is 24.7 Å². The average Bonchev–Trinajstić information content (AvgIpc) is 3.11. The molecule has 1 unspecified atom stereocenters. The van der Waals surface area contributed by atoms with Crippen LogP contribution in [0.5, 0.6) is 17.2 Å². The normalized spacial score (nSPS) is 22.6. The largest absolute Gasteiger partial charge is 0.491 e. The number of carbonyl (C=O) groups excluding carboxylic acids is 2. The Morgan fingerprint density at radius 1 is 1.00 bits per heavy atom. The Morgan fingerprint density at radius 3 is 2.48 bits per heavy atom. The minimum Gasteiger partial charge on any atom is -0.491 e. The zero-order valence-electron chi connectivity index (χ0n) is 13.6. The highest BCUT2D eigenvalue weighted by atomic mass is 16.6. The number of imide groups is 1. The van der Waals surface area contributed by atoms with Crippen molar-refractivity contribution in [2.24, 2.45) is 0 Å². The van der Waals surface area contributed by atoms with E-state index < -0.39 is 5.41 Å². The molecule has 6 heteroatoms. The van der Waals surface area contributed by atoms with E-state index in [9.17, 15) is 9.59 Å². The van der Waals surface area contributed by atoms with Crippen LogP contribution in [-0.2, 0) is 15.0 Å². The molecular weight excluding hydrogens is 322 g/mol. The van der Waals surface area contributed by atoms with Crippen molar-refractivity contribution in [2.45, 2.75) is 12.3 Å². The Balaban J connectivity index is 1.77. The molecule has 0 fully saturated rings. The number of fused-ring (bicyclic) bond motifs is 5. The number of ether oxygens (including phenoxy) is 3. The van der Waals surface area contributed by atoms with Gasteiger partial charge in [-0.1, -0.05) is 18.2 Å². The second-order valence-corrected chi connectivity index (χ2v) is 6.36. The molecule has 0 radical (unpaired) electrons. The van der Waals surface area contributed by atoms with Gasteiger partial charge >= 0.3 is 0 Å². The van der Waals surface area contributed by atoms with Gasteiger partial charge in [-0.3, -0.25) is 9.59 Å². The van der Waals surface area contributed by atoms with Crippen molar-refractivity contribution < 1.29 is 23.8 Å². The second kappa shape index (κ2) is 4.75. The van der Waals surface area contributed by atoms with Crippen LogP contribution in [0, 0.1) is 0 Å². The molecule has 0 aromatic heterocycles. The Morgan fingerprint density at radius 2 is 1.72 bits per heavy atom. The van der Waals surface area contributed by atoms with E-state index in [1.165, 1.54) is 11.8 Å². The van der Waals surface area contributed by atoms with Gasteiger partial charge in [0.05, 0.1) is 5.69 Å². The van der Waals surface area contributed by atoms with Crippen molar-refractivity contribution in [3.8, 4) is 17.2 Å². The monoisotopic (exact) mass is 337 g/mol. The lowest BCUT2D eigenvalue weighted by Gasteiger charge is -2.23. The van der Waals surface area contributed by atoms with E-state index in [2.05, 4.69) is 0 Å². The summed E-state index contributed by atoms with van der Waals surface area (Å²) in [6.07, 6.45) is 0. The van der Waals surface area contributed by atoms with Crippen molar-refractivity contribution in [3.05, 3.63) is 47.5 Å². The van der Waals surface area contributed by atoms with Crippen LogP contribution < -0.4 is 19.1 Å². The average molecular weight is 337 g/mol. The molecule has 0 N–H and O–H groups in total. The van der Waals surface area contributed by atoms with Gasteiger partial charge in [-0.2, -0.15) is 0 Å². The second-order valence-electron chi connectivity index (χ2n) is 6.36. The van der Waals surface area contributed by atoms with E-state index in [-0.39, 0.29) is 18.4 Å². The molecule has 0 bridgehead atoms. The van der Waals surface area contributed by atoms with Gasteiger partial charge in [-0.15, -0.1) is 0 Å². The Bertz CT molecular complexity index is 937. The fourth-order valence-electron chi connectivity index (χ4n) is 3.94. The molecule has 3 heterocycles. The van der Waals surface area contributed by atoms with Crippen LogP contribution in [0.4, 0.5) is 5.69 Å². The van der Waals surface area contributed by atoms with E-state index in [1.54, 1.807) is 12.1 Å². The minimum absolute atomic E-state index is 0.158. The topological polar surface area (TPSA) is 65.1 Å². The Labute approximate surface area is 143 Å². The van der Waals surface area contributed by atoms with Gasteiger partial charge in [0.1, 0.15) is 31.0 Å². The molecule has 0 saturated carbocycles. The predicted molar refractivity (Wildman–Crippen MR) is 88.3 cm³/mol. The third-order valence-electron chi connectivity index (χ3n) is 5.04. The highest BCUT2D eigenvalue weighted by molar-refractivity contribution is 6.24. The number of carbonyl (C=O) groups is 2. The molecule has 25 heavy (non-hydrogen) atoms. The molecule has 2 aromatic rings. The van der Waals surface area contributed by atoms with Gasteiger partial charge in [0.15, 0.2) is 11.5 Å². The SMILES string of the molecule is CC(=O)N1C(=O)C2(COc3cc4c(cc32)OCCO4)c2ccccc21. The molecular formula is C19H15NO5. The quantitative estimate of drug-likeness (QED) is 0.736. The first-order valence-corrected chi connectivity index (χ1v) is 8.14. The zero-order valence-corrected chi connectivity index (χ0v) is 13.6. The van der Waals surface area contributed by atoms with Gasteiger partial charge in [-0.25, -0.2) is 4.90 Å². The van der Waals surface area contributed by atoms with Crippen molar-refractivity contribution in [1.29, 1.82) is 0 Å². The number of hydrogen-bond donors (Lipinski definition) is 0. The molecule has 3 aliphatic rings. The summed E-state index contributed by atoms with van der Waals surface area (Å²) < 4.78 is 17.1. The minimum atomic E-state index is -1.02. The fourth-order valence-corrected chi connectivity index (χ4v) is 3.94. The number of rotatable bonds is 0. The fraction of sp³-hybridized carbons (Fsp3) is 0.263. The first-order chi connectivity index (χ1) is 12.1. The Kier molecular flexibility index (Phi) is 2.72. The van der Waals surface area contributed by atoms with Crippen LogP contribution in [0.1, 0.15) is 18.1 Å². The lowest BCUT2D eigenvalue weighted by Crippen LogP contribution is -2.44. The van der Waals surface area contributed by atoms with Gasteiger partial charge < -0.3 is 14.2 Å². The summed E-state index contributed by atoms with van der Waals surface area (Å²) in [5.74, 6) is 1.22. The van der Waals surface area contributed by atoms with Crippen LogP contribution in [0.3, 0.4) is 0 Å². The van der Waals surface area contributed by atoms with Crippen LogP contribution in [0.25, 0.3) is 0 Å². The number of amides is 2. The summed E-state index contributed by atoms with van der Waals surface area (Å²) in [6, 6.07) is 10.9. The summed E-state index contributed by atoms with van der Waals surface area (Å²) in [5.41, 5.74) is 1.10. The van der Waals surface area contributed by atoms with Gasteiger partial charge in [0.2, 0.25) is 5.91 Å². The summed E-state index contributed by atoms with van der Waals surface area (Å²) in [5, 5.41) is 0. The lowest BCUT2D eigenvalue weighted by molar-refractivity contribution is -0.127. The highest BCUT2D eigenvalue weighted by Gasteiger charge is 2.58. The molecule has 1 spiro atoms. The van der Waals surface area contributed by atoms with E-state index in [4.69, 9.17) is 14.2 Å². The van der Waals surface area contributed by atoms with Crippen molar-refractivity contribution >= 4 is 17.5 Å². The molecule has 2 aromatic carbocycles. The molecule has 1 atom stereocenters. The molecule has 2 amide bonds. The highest BCUT2D eigenvalue weighted by Crippen LogP contribution is 2.54. The molecule has 6 nitrogen and oxygen atoms in total. The predicted octanol–water partition coefficient (Wildman–Crippen LogP) is 2.03. The van der Waals surface area contributed by atoms with Crippen LogP contribution in [0.2, 0.25) is 0 Å². The van der Waals surface area contributed by atoms with Gasteiger partial charge in [-0.05, 0) is 17.7 Å². The van der Waals surface area contributed by atoms with Crippen LogP contribution in [0.15, 0.2) is 36.4 Å². The van der Waals surface area contributed by atoms with E-state index in [1.807, 2.05) is 24.3 Å². The molecule has 5 rings (SSSR count). The number of anilines is 1. The maximum absolute atomic E-state index is 13.3. The van der Waals surface area contributed by atoms with Crippen molar-refractivity contribution in [1.82, 2.24) is 0 Å². The maximum Gasteiger partial charge on any atom is 0.252 e. The number of benzene rings is 2. The first-order valence-electron chi connectivity index (χ1n) is 8.14. The number of hydrogen-bond acceptors (Lipinski definition) is 5. The van der Waals surface area contributed by atoms with Crippen LogP contribution >= 0.6 is 0 Å². The molecule has 0 aliphatic carbocycles. The number of nitrogens with zero attached hydrogens (tertiary/aromatic N) is 1. The third-order valence-corrected chi connectivity index (χ3v) is 5.04. The molecule has 0 saturated heterocycles. The summed E-state index contributed by atoms with van der Waals surface area (Å²) >= 11 is 0. The molecule has 126 valence electrons. The van der Waals surface area contributed by atoms with E-state index in [0.29, 0.717) is 36.1 Å². The van der Waals surface area contributed by atoms with Crippen molar-refractivity contribution in [3.63, 3.8) is 0 Å². The van der Waals surface area contributed by atoms with Crippen LogP contribution in [-0.4, -0.2) is 31.6 Å². The Hall–Kier alpha value is -3.02. The van der Waals surface area contributed by atoms with Gasteiger partial charge in [0, 0.05) is 18.6 Å². The smallest absolute Gasteiger partial charge is 0.252 e. The lowest BCUT2D eigenvalue weighted by atomic mass is 9.77. The molecule has 3 aliphatic heterocycles. The standard InChI is InChI=1S/C19H15NO5/c1-11(21)20-14-5-3-2-4-12(14)19(18(20)22)10-25-15-9-17-16(8-13(15)19)23-6-7-24-17/h2-5,8-9H,6-7,10H2,1H3. The number of para-hydroxylation sites is 1. The summed E-state index contributed by atoms with van der Waals surface area (Å²) in [7, 11) is 0. The zero-order chi connectivity index (χ0) is 17.2. The maximum atomic E-state index is 13.3.